The van der Waals surface area contributed by atoms with E-state index in [-0.39, 0.29) is 11.8 Å². The van der Waals surface area contributed by atoms with E-state index in [1.165, 1.54) is 13.1 Å². The van der Waals surface area contributed by atoms with Crippen molar-refractivity contribution in [3.05, 3.63) is 34.9 Å². The number of carbonyl (C=O) groups is 1. The van der Waals surface area contributed by atoms with Gasteiger partial charge in [0.1, 0.15) is 0 Å². The summed E-state index contributed by atoms with van der Waals surface area (Å²) in [6.45, 7) is 5.17. The van der Waals surface area contributed by atoms with Gasteiger partial charge in [-0.05, 0) is 36.6 Å². The average molecular weight is 320 g/mol. The molecule has 1 saturated carbocycles. The number of hydrogen-bond acceptors (Lipinski definition) is 3. The lowest BCUT2D eigenvalue weighted by Gasteiger charge is -2.42. The van der Waals surface area contributed by atoms with Crippen LogP contribution in [0.1, 0.15) is 5.56 Å². The lowest BCUT2D eigenvalue weighted by Crippen LogP contribution is -2.57. The molecule has 0 aromatic heterocycles. The van der Waals surface area contributed by atoms with Crippen LogP contribution in [0.4, 0.5) is 0 Å². The van der Waals surface area contributed by atoms with Gasteiger partial charge in [0, 0.05) is 49.7 Å². The molecule has 1 aromatic rings. The minimum atomic E-state index is 0.223. The maximum atomic E-state index is 12.3. The molecule has 2 atom stereocenters. The SMILES string of the molecule is CN1CC(N2CC3C(C2)C3C(=O)NCc2cccc(Cl)c2)C1. The zero-order valence-electron chi connectivity index (χ0n) is 12.8. The lowest BCUT2D eigenvalue weighted by molar-refractivity contribution is -0.123. The highest BCUT2D eigenvalue weighted by Crippen LogP contribution is 2.52. The minimum Gasteiger partial charge on any atom is -0.352 e. The summed E-state index contributed by atoms with van der Waals surface area (Å²) in [5.74, 6) is 1.64. The molecule has 5 heteroatoms. The van der Waals surface area contributed by atoms with Crippen molar-refractivity contribution in [2.75, 3.05) is 33.2 Å². The van der Waals surface area contributed by atoms with Gasteiger partial charge in [-0.25, -0.2) is 0 Å². The maximum Gasteiger partial charge on any atom is 0.224 e. The summed E-state index contributed by atoms with van der Waals surface area (Å²) in [4.78, 5) is 17.2. The Labute approximate surface area is 136 Å². The molecule has 0 spiro atoms. The number of rotatable bonds is 4. The van der Waals surface area contributed by atoms with Crippen LogP contribution >= 0.6 is 11.6 Å². The van der Waals surface area contributed by atoms with Crippen LogP contribution in [0.3, 0.4) is 0 Å². The van der Waals surface area contributed by atoms with Crippen LogP contribution in [0, 0.1) is 17.8 Å². The van der Waals surface area contributed by atoms with E-state index in [4.69, 9.17) is 11.6 Å². The molecular formula is C17H22ClN3O. The number of nitrogens with one attached hydrogen (secondary N) is 1. The molecule has 1 aliphatic carbocycles. The predicted octanol–water partition coefficient (Wildman–Crippen LogP) is 1.45. The van der Waals surface area contributed by atoms with Crippen LogP contribution in [0.15, 0.2) is 24.3 Å². The monoisotopic (exact) mass is 319 g/mol. The van der Waals surface area contributed by atoms with Crippen molar-refractivity contribution in [2.24, 2.45) is 17.8 Å². The molecular weight excluding hydrogens is 298 g/mol. The molecule has 3 aliphatic rings. The first-order valence-electron chi connectivity index (χ1n) is 8.06. The van der Waals surface area contributed by atoms with Crippen LogP contribution < -0.4 is 5.32 Å². The fraction of sp³-hybridized carbons (Fsp3) is 0.588. The summed E-state index contributed by atoms with van der Waals surface area (Å²) in [5, 5.41) is 3.79. The molecule has 1 aromatic carbocycles. The van der Waals surface area contributed by atoms with Gasteiger partial charge in [-0.2, -0.15) is 0 Å². The number of likely N-dealkylation sites (tertiary alicyclic amines) is 2. The third-order valence-electron chi connectivity index (χ3n) is 5.44. The Kier molecular flexibility index (Phi) is 3.63. The zero-order chi connectivity index (χ0) is 15.3. The third kappa shape index (κ3) is 2.64. The van der Waals surface area contributed by atoms with E-state index < -0.39 is 0 Å². The van der Waals surface area contributed by atoms with Crippen LogP contribution in [-0.4, -0.2) is 55.0 Å². The standard InChI is InChI=1S/C17H22ClN3O/c1-20-7-13(8-20)21-9-14-15(10-21)16(14)17(22)19-6-11-3-2-4-12(18)5-11/h2-5,13-16H,6-10H2,1H3,(H,19,22). The highest BCUT2D eigenvalue weighted by Gasteiger charge is 2.60. The van der Waals surface area contributed by atoms with E-state index in [0.29, 0.717) is 18.4 Å². The summed E-state index contributed by atoms with van der Waals surface area (Å²) in [5.41, 5.74) is 1.06. The topological polar surface area (TPSA) is 35.6 Å². The second-order valence-corrected chi connectivity index (χ2v) is 7.47. The number of likely N-dealkylation sites (N-methyl/N-ethyl adjacent to an activating group) is 1. The van der Waals surface area contributed by atoms with Gasteiger partial charge in [0.2, 0.25) is 5.91 Å². The molecule has 22 heavy (non-hydrogen) atoms. The number of hydrogen-bond donors (Lipinski definition) is 1. The van der Waals surface area contributed by atoms with Crippen molar-refractivity contribution >= 4 is 17.5 Å². The molecule has 1 amide bonds. The maximum absolute atomic E-state index is 12.3. The van der Waals surface area contributed by atoms with Crippen molar-refractivity contribution in [1.82, 2.24) is 15.1 Å². The van der Waals surface area contributed by atoms with Gasteiger partial charge in [-0.15, -0.1) is 0 Å². The highest BCUT2D eigenvalue weighted by molar-refractivity contribution is 6.30. The Hall–Kier alpha value is -1.10. The average Bonchev–Trinajstić information content (AvgIpc) is 2.96. The van der Waals surface area contributed by atoms with E-state index >= 15 is 0 Å². The first kappa shape index (κ1) is 14.5. The second kappa shape index (κ2) is 5.52. The van der Waals surface area contributed by atoms with Gasteiger partial charge in [-0.3, -0.25) is 9.69 Å². The first-order valence-corrected chi connectivity index (χ1v) is 8.44. The van der Waals surface area contributed by atoms with E-state index in [0.717, 1.165) is 29.7 Å². The fourth-order valence-electron chi connectivity index (χ4n) is 4.10. The van der Waals surface area contributed by atoms with Crippen molar-refractivity contribution in [3.8, 4) is 0 Å². The number of piperidine rings is 1. The van der Waals surface area contributed by atoms with Gasteiger partial charge in [0.05, 0.1) is 0 Å². The molecule has 2 unspecified atom stereocenters. The Morgan fingerprint density at radius 1 is 1.27 bits per heavy atom. The van der Waals surface area contributed by atoms with Crippen LogP contribution in [-0.2, 0) is 11.3 Å². The van der Waals surface area contributed by atoms with Gasteiger partial charge < -0.3 is 10.2 Å². The highest BCUT2D eigenvalue weighted by atomic mass is 35.5. The molecule has 4 rings (SSSR count). The summed E-state index contributed by atoms with van der Waals surface area (Å²) >= 11 is 5.97. The molecule has 2 saturated heterocycles. The van der Waals surface area contributed by atoms with Crippen molar-refractivity contribution in [1.29, 1.82) is 0 Å². The lowest BCUT2D eigenvalue weighted by atomic mass is 10.1. The van der Waals surface area contributed by atoms with E-state index in [9.17, 15) is 4.79 Å². The quantitative estimate of drug-likeness (QED) is 0.912. The number of benzene rings is 1. The number of halogens is 1. The van der Waals surface area contributed by atoms with Crippen molar-refractivity contribution in [3.63, 3.8) is 0 Å². The normalized spacial score (nSPS) is 31.6. The summed E-state index contributed by atoms with van der Waals surface area (Å²) in [6.07, 6.45) is 0. The smallest absolute Gasteiger partial charge is 0.224 e. The van der Waals surface area contributed by atoms with E-state index in [1.807, 2.05) is 24.3 Å². The predicted molar refractivity (Wildman–Crippen MR) is 86.6 cm³/mol. The van der Waals surface area contributed by atoms with E-state index in [2.05, 4.69) is 22.2 Å². The Morgan fingerprint density at radius 2 is 2.00 bits per heavy atom. The van der Waals surface area contributed by atoms with Crippen LogP contribution in [0.5, 0.6) is 0 Å². The van der Waals surface area contributed by atoms with Crippen LogP contribution in [0.25, 0.3) is 0 Å². The van der Waals surface area contributed by atoms with Crippen LogP contribution in [0.2, 0.25) is 5.02 Å². The molecule has 118 valence electrons. The molecule has 0 bridgehead atoms. The molecule has 4 nitrogen and oxygen atoms in total. The fourth-order valence-corrected chi connectivity index (χ4v) is 4.31. The number of fused-ring (bicyclic) bond motifs is 1. The minimum absolute atomic E-state index is 0.223. The summed E-state index contributed by atoms with van der Waals surface area (Å²) in [6, 6.07) is 8.40. The van der Waals surface area contributed by atoms with Gasteiger partial charge in [0.15, 0.2) is 0 Å². The largest absolute Gasteiger partial charge is 0.352 e. The number of carbonyl (C=O) groups excluding carboxylic acids is 1. The Morgan fingerprint density at radius 3 is 2.64 bits per heavy atom. The molecule has 0 radical (unpaired) electrons. The molecule has 2 heterocycles. The van der Waals surface area contributed by atoms with Gasteiger partial charge in [0.25, 0.3) is 0 Å². The molecule has 2 aliphatic heterocycles. The molecule has 1 N–H and O–H groups in total. The Bertz CT molecular complexity index is 575. The van der Waals surface area contributed by atoms with Gasteiger partial charge >= 0.3 is 0 Å². The number of nitrogens with zero attached hydrogens (tertiary/aromatic N) is 2. The van der Waals surface area contributed by atoms with Crippen molar-refractivity contribution in [2.45, 2.75) is 12.6 Å². The summed E-state index contributed by atoms with van der Waals surface area (Å²) in [7, 11) is 2.17. The van der Waals surface area contributed by atoms with Gasteiger partial charge in [-0.1, -0.05) is 23.7 Å². The number of amides is 1. The Balaban J connectivity index is 1.25. The van der Waals surface area contributed by atoms with Crippen molar-refractivity contribution < 1.29 is 4.79 Å². The first-order chi connectivity index (χ1) is 10.6. The third-order valence-corrected chi connectivity index (χ3v) is 5.68. The van der Waals surface area contributed by atoms with E-state index in [1.54, 1.807) is 0 Å². The summed E-state index contributed by atoms with van der Waals surface area (Å²) < 4.78 is 0. The zero-order valence-corrected chi connectivity index (χ0v) is 13.6. The second-order valence-electron chi connectivity index (χ2n) is 7.03. The molecule has 3 fully saturated rings.